The minimum absolute atomic E-state index is 0.334. The van der Waals surface area contributed by atoms with Crippen LogP contribution >= 0.6 is 31.9 Å². The van der Waals surface area contributed by atoms with Crippen molar-refractivity contribution in [2.24, 2.45) is 0 Å². The van der Waals surface area contributed by atoms with Crippen molar-refractivity contribution in [1.82, 2.24) is 0 Å². The molecule has 0 heterocycles. The number of halogens is 2. The second kappa shape index (κ2) is 32.1. The minimum Gasteiger partial charge on any atom is -0.356 e. The van der Waals surface area contributed by atoms with Crippen molar-refractivity contribution < 1.29 is 0 Å². The van der Waals surface area contributed by atoms with Gasteiger partial charge in [0.2, 0.25) is 0 Å². The molecule has 3 nitrogen and oxygen atoms in total. The first kappa shape index (κ1) is 78.0. The lowest BCUT2D eigenvalue weighted by molar-refractivity contribution is 0.768. The molecule has 612 valence electrons. The average molecular weight is 1790 g/mol. The Morgan fingerprint density at radius 1 is 0.169 bits per heavy atom. The molecule has 23 aromatic rings. The summed E-state index contributed by atoms with van der Waals surface area (Å²) in [5, 5.41) is 18.7. The van der Waals surface area contributed by atoms with Crippen molar-refractivity contribution in [2.45, 2.75) is 16.2 Å². The SMILES string of the molecule is Brc1ccc2ccc3c(Br)ccc4ccc1c2c43.c1ccc(N(c2ccc(C3(c4ccccc4)c4ccccc4-c4ccccc43)cc2)c2ccc3ccc4c(N(c5ccccc5)c5ccc(C6(c7ccccc7)c7ccccc7-c7ccccc76)cc5)ccc5ccc2c3c54)cc1.c1ccc(Nc2ccc(C3(c4ccccc4)c4ccccc4-c4ccccc43)cc2)cc1. The Bertz CT molecular complexity index is 7680. The molecule has 0 spiro atoms. The summed E-state index contributed by atoms with van der Waals surface area (Å²) >= 11 is 7.30. The molecular formula is C125H83Br2N3. The van der Waals surface area contributed by atoms with E-state index in [1.165, 1.54) is 165 Å². The average Bonchev–Trinajstić information content (AvgIpc) is 1.52. The minimum atomic E-state index is -0.482. The van der Waals surface area contributed by atoms with Gasteiger partial charge in [-0.15, -0.1) is 0 Å². The number of fused-ring (bicyclic) bond motifs is 9. The van der Waals surface area contributed by atoms with Crippen LogP contribution in [-0.4, -0.2) is 0 Å². The van der Waals surface area contributed by atoms with Crippen LogP contribution in [0.2, 0.25) is 0 Å². The third-order valence-electron chi connectivity index (χ3n) is 27.7. The van der Waals surface area contributed by atoms with Gasteiger partial charge in [0.05, 0.1) is 27.6 Å². The zero-order valence-corrected chi connectivity index (χ0v) is 74.2. The van der Waals surface area contributed by atoms with E-state index in [1.54, 1.807) is 0 Å². The van der Waals surface area contributed by atoms with Crippen LogP contribution in [0.5, 0.6) is 0 Å². The fraction of sp³-hybridized carbons (Fsp3) is 0.0240. The lowest BCUT2D eigenvalue weighted by Crippen LogP contribution is -2.28. The highest BCUT2D eigenvalue weighted by Gasteiger charge is 2.49. The predicted octanol–water partition coefficient (Wildman–Crippen LogP) is 34.2. The maximum atomic E-state index is 3.65. The van der Waals surface area contributed by atoms with Gasteiger partial charge in [-0.05, 0) is 251 Å². The summed E-state index contributed by atoms with van der Waals surface area (Å²) < 4.78 is 2.31. The normalized spacial score (nSPS) is 13.2. The summed E-state index contributed by atoms with van der Waals surface area (Å²) in [6.45, 7) is 0. The number of anilines is 8. The molecule has 0 unspecified atom stereocenters. The smallest absolute Gasteiger partial charge is 0.0713 e. The van der Waals surface area contributed by atoms with Crippen molar-refractivity contribution in [1.29, 1.82) is 0 Å². The third kappa shape index (κ3) is 12.4. The van der Waals surface area contributed by atoms with Gasteiger partial charge in [0.25, 0.3) is 0 Å². The Morgan fingerprint density at radius 3 is 0.692 bits per heavy atom. The Hall–Kier alpha value is -15.5. The summed E-state index contributed by atoms with van der Waals surface area (Å²) in [4.78, 5) is 4.90. The van der Waals surface area contributed by atoms with Crippen LogP contribution in [0, 0.1) is 0 Å². The highest BCUT2D eigenvalue weighted by molar-refractivity contribution is 9.11. The number of benzene rings is 23. The van der Waals surface area contributed by atoms with E-state index in [-0.39, 0.29) is 5.41 Å². The van der Waals surface area contributed by atoms with Gasteiger partial charge in [-0.2, -0.15) is 0 Å². The standard InChI is InChI=1S/C78H52N2.C31H23N.C16H8Br2/c1-5-21-55(22-6-1)77(69-33-17-13-29-63(69)64-30-14-18-34-70(64)77)57-41-45-61(46-42-57)79(59-25-9-3-10-26-59)73-51-39-53-38-50-68-74(52-40-54-37-49-67(73)75(53)76(54)68)80(60-27-11-4-12-28-60)62-47-43-58(44-48-62)78(56-23-7-2-8-24-56)71-35-19-15-31-65(71)66-32-16-20-36-72(66)78;1-3-11-23(12-4-1)31(24-19-21-26(22-20-24)32-25-13-5-2-6-14-25)29-17-9-7-15-27(29)28-16-8-10-18-30(28)31;17-13-8-4-10-2-6-12-14(18)7-3-9-1-5-11(13)16(10)15(9)12/h1-52H;1-22,32H;1-8H. The third-order valence-corrected chi connectivity index (χ3v) is 29.0. The van der Waals surface area contributed by atoms with Gasteiger partial charge < -0.3 is 15.1 Å². The van der Waals surface area contributed by atoms with Crippen LogP contribution < -0.4 is 15.1 Å². The number of nitrogens with one attached hydrogen (secondary N) is 1. The molecule has 3 aliphatic carbocycles. The molecule has 3 aliphatic rings. The van der Waals surface area contributed by atoms with Gasteiger partial charge in [0.15, 0.2) is 0 Å². The van der Waals surface area contributed by atoms with E-state index >= 15 is 0 Å². The van der Waals surface area contributed by atoms with Gasteiger partial charge >= 0.3 is 0 Å². The van der Waals surface area contributed by atoms with E-state index in [0.717, 1.165) is 54.4 Å². The zero-order valence-electron chi connectivity index (χ0n) is 71.0. The first-order chi connectivity index (χ1) is 64.3. The van der Waals surface area contributed by atoms with E-state index < -0.39 is 10.8 Å². The summed E-state index contributed by atoms with van der Waals surface area (Å²) in [6.07, 6.45) is 0. The van der Waals surface area contributed by atoms with Crippen LogP contribution in [-0.2, 0) is 16.2 Å². The van der Waals surface area contributed by atoms with Crippen LogP contribution in [0.25, 0.3) is 98.0 Å². The Labute approximate surface area is 773 Å². The molecule has 130 heavy (non-hydrogen) atoms. The van der Waals surface area contributed by atoms with Crippen LogP contribution in [0.15, 0.2) is 506 Å². The van der Waals surface area contributed by atoms with Gasteiger partial charge in [-0.3, -0.25) is 0 Å². The second-order valence-electron chi connectivity index (χ2n) is 34.2. The molecule has 0 amide bonds. The highest BCUT2D eigenvalue weighted by atomic mass is 79.9. The van der Waals surface area contributed by atoms with Crippen molar-refractivity contribution in [3.63, 3.8) is 0 Å². The lowest BCUT2D eigenvalue weighted by Gasteiger charge is -2.34. The molecule has 0 fully saturated rings. The molecule has 0 aliphatic heterocycles. The van der Waals surface area contributed by atoms with Gasteiger partial charge in [-0.1, -0.05) is 432 Å². The monoisotopic (exact) mass is 1780 g/mol. The zero-order chi connectivity index (χ0) is 86.4. The summed E-state index contributed by atoms with van der Waals surface area (Å²) in [7, 11) is 0. The molecule has 0 radical (unpaired) electrons. The summed E-state index contributed by atoms with van der Waals surface area (Å²) in [5.41, 5.74) is 30.8. The van der Waals surface area contributed by atoms with Gasteiger partial charge in [0, 0.05) is 53.8 Å². The Morgan fingerprint density at radius 2 is 0.385 bits per heavy atom. The molecule has 0 saturated heterocycles. The van der Waals surface area contributed by atoms with Gasteiger partial charge in [0.1, 0.15) is 0 Å². The van der Waals surface area contributed by atoms with Crippen molar-refractivity contribution in [3.05, 3.63) is 573 Å². The van der Waals surface area contributed by atoms with E-state index in [2.05, 4.69) is 526 Å². The maximum Gasteiger partial charge on any atom is 0.0713 e. The van der Waals surface area contributed by atoms with E-state index in [1.807, 2.05) is 18.2 Å². The molecule has 0 aromatic heterocycles. The molecule has 5 heteroatoms. The largest absolute Gasteiger partial charge is 0.356 e. The second-order valence-corrected chi connectivity index (χ2v) is 35.9. The Kier molecular flexibility index (Phi) is 19.3. The maximum absolute atomic E-state index is 3.65. The highest BCUT2D eigenvalue weighted by Crippen LogP contribution is 2.61. The van der Waals surface area contributed by atoms with Crippen LogP contribution in [0.3, 0.4) is 0 Å². The number of rotatable bonds is 14. The quantitative estimate of drug-likeness (QED) is 0.110. The summed E-state index contributed by atoms with van der Waals surface area (Å²) in [6, 6.07) is 182. The molecule has 26 rings (SSSR count). The number of hydrogen-bond donors (Lipinski definition) is 1. The van der Waals surface area contributed by atoms with Crippen LogP contribution in [0.1, 0.15) is 66.8 Å². The van der Waals surface area contributed by atoms with Crippen LogP contribution in [0.4, 0.5) is 45.5 Å². The predicted molar refractivity (Wildman–Crippen MR) is 553 cm³/mol. The molecular weight excluding hydrogens is 1700 g/mol. The van der Waals surface area contributed by atoms with Gasteiger partial charge in [-0.25, -0.2) is 0 Å². The number of nitrogens with zero attached hydrogens (tertiary/aromatic N) is 2. The van der Waals surface area contributed by atoms with E-state index in [4.69, 9.17) is 0 Å². The molecule has 0 bridgehead atoms. The first-order valence-corrected chi connectivity index (χ1v) is 46.2. The summed E-state index contributed by atoms with van der Waals surface area (Å²) in [5.74, 6) is 0. The molecule has 1 N–H and O–H groups in total. The van der Waals surface area contributed by atoms with E-state index in [9.17, 15) is 0 Å². The number of para-hydroxylation sites is 3. The van der Waals surface area contributed by atoms with Crippen molar-refractivity contribution >= 4 is 142 Å². The lowest BCUT2D eigenvalue weighted by atomic mass is 9.68. The molecule has 0 atom stereocenters. The fourth-order valence-electron chi connectivity index (χ4n) is 22.2. The fourth-order valence-corrected chi connectivity index (χ4v) is 23.2. The van der Waals surface area contributed by atoms with Crippen molar-refractivity contribution in [3.8, 4) is 33.4 Å². The van der Waals surface area contributed by atoms with Crippen molar-refractivity contribution in [2.75, 3.05) is 15.1 Å². The Balaban J connectivity index is 0.000000151. The van der Waals surface area contributed by atoms with E-state index in [0.29, 0.717) is 0 Å². The number of hydrogen-bond acceptors (Lipinski definition) is 3. The topological polar surface area (TPSA) is 18.5 Å². The molecule has 23 aromatic carbocycles. The molecule has 0 saturated carbocycles. The first-order valence-electron chi connectivity index (χ1n) is 44.6.